The molecule has 0 fully saturated rings. The van der Waals surface area contributed by atoms with Gasteiger partial charge in [0.15, 0.2) is 0 Å². The summed E-state index contributed by atoms with van der Waals surface area (Å²) in [5.74, 6) is -0.172. The molecule has 0 saturated carbocycles. The standard InChI is InChI=1S/C20H17FN4OS/c21-16-7-5-14(6-8-16)17(18-19(26)25-20(27-18)22-12-23-25)24-10-9-13-3-1-2-4-15(13)11-24/h1-8,12,17,26H,9-11H2/t17-/m1/s1. The fourth-order valence-corrected chi connectivity index (χ4v) is 4.87. The summed E-state index contributed by atoms with van der Waals surface area (Å²) < 4.78 is 15.0. The van der Waals surface area contributed by atoms with E-state index in [-0.39, 0.29) is 17.7 Å². The Morgan fingerprint density at radius 2 is 1.85 bits per heavy atom. The summed E-state index contributed by atoms with van der Waals surface area (Å²) in [6, 6.07) is 14.8. The molecule has 0 bridgehead atoms. The van der Waals surface area contributed by atoms with Gasteiger partial charge < -0.3 is 5.11 Å². The van der Waals surface area contributed by atoms with Gasteiger partial charge in [0.05, 0.1) is 10.9 Å². The smallest absolute Gasteiger partial charge is 0.230 e. The van der Waals surface area contributed by atoms with E-state index >= 15 is 0 Å². The van der Waals surface area contributed by atoms with Crippen LogP contribution in [0.1, 0.15) is 27.6 Å². The molecule has 1 N–H and O–H groups in total. The summed E-state index contributed by atoms with van der Waals surface area (Å²) in [6.07, 6.45) is 2.37. The van der Waals surface area contributed by atoms with Gasteiger partial charge in [-0.05, 0) is 35.2 Å². The number of thiazole rings is 1. The molecule has 0 amide bonds. The highest BCUT2D eigenvalue weighted by atomic mass is 32.1. The third-order valence-corrected chi connectivity index (χ3v) is 6.18. The van der Waals surface area contributed by atoms with E-state index in [1.165, 1.54) is 45.4 Å². The Balaban J connectivity index is 1.61. The Labute approximate surface area is 159 Å². The van der Waals surface area contributed by atoms with Crippen LogP contribution in [-0.4, -0.2) is 31.1 Å². The van der Waals surface area contributed by atoms with Crippen LogP contribution in [0.5, 0.6) is 5.88 Å². The highest BCUT2D eigenvalue weighted by Gasteiger charge is 2.31. The number of nitrogens with zero attached hydrogens (tertiary/aromatic N) is 4. The molecule has 5 nitrogen and oxygen atoms in total. The molecule has 2 aromatic heterocycles. The van der Waals surface area contributed by atoms with Crippen LogP contribution in [0.2, 0.25) is 0 Å². The first-order chi connectivity index (χ1) is 13.2. The summed E-state index contributed by atoms with van der Waals surface area (Å²) in [7, 11) is 0. The van der Waals surface area contributed by atoms with Crippen molar-refractivity contribution in [1.29, 1.82) is 0 Å². The zero-order chi connectivity index (χ0) is 18.4. The molecule has 2 aromatic carbocycles. The maximum atomic E-state index is 13.5. The van der Waals surface area contributed by atoms with Gasteiger partial charge in [0.1, 0.15) is 12.1 Å². The number of fused-ring (bicyclic) bond motifs is 2. The van der Waals surface area contributed by atoms with Crippen molar-refractivity contribution in [3.05, 3.63) is 82.2 Å². The van der Waals surface area contributed by atoms with Crippen LogP contribution in [0.3, 0.4) is 0 Å². The molecule has 0 saturated heterocycles. The first-order valence-electron chi connectivity index (χ1n) is 8.78. The minimum Gasteiger partial charge on any atom is -0.492 e. The number of hydrogen-bond donors (Lipinski definition) is 1. The minimum absolute atomic E-state index is 0.0979. The van der Waals surface area contributed by atoms with Crippen molar-refractivity contribution in [3.8, 4) is 5.88 Å². The second kappa shape index (κ2) is 6.44. The maximum Gasteiger partial charge on any atom is 0.230 e. The minimum atomic E-state index is -0.270. The molecular weight excluding hydrogens is 363 g/mol. The van der Waals surface area contributed by atoms with Gasteiger partial charge in [-0.3, -0.25) is 4.90 Å². The van der Waals surface area contributed by atoms with E-state index in [4.69, 9.17) is 0 Å². The lowest BCUT2D eigenvalue weighted by molar-refractivity contribution is 0.205. The van der Waals surface area contributed by atoms with Gasteiger partial charge in [0, 0.05) is 13.1 Å². The van der Waals surface area contributed by atoms with Gasteiger partial charge in [0.2, 0.25) is 10.8 Å². The fraction of sp³-hybridized carbons (Fsp3) is 0.200. The van der Waals surface area contributed by atoms with Gasteiger partial charge in [-0.25, -0.2) is 9.37 Å². The van der Waals surface area contributed by atoms with Crippen molar-refractivity contribution in [1.82, 2.24) is 19.5 Å². The maximum absolute atomic E-state index is 13.5. The number of aromatic nitrogens is 3. The largest absolute Gasteiger partial charge is 0.492 e. The van der Waals surface area contributed by atoms with Crippen LogP contribution in [0.25, 0.3) is 4.96 Å². The second-order valence-electron chi connectivity index (χ2n) is 6.69. The first-order valence-corrected chi connectivity index (χ1v) is 9.60. The average Bonchev–Trinajstić information content (AvgIpc) is 3.27. The van der Waals surface area contributed by atoms with Gasteiger partial charge >= 0.3 is 0 Å². The van der Waals surface area contributed by atoms with Crippen LogP contribution >= 0.6 is 11.3 Å². The van der Waals surface area contributed by atoms with Gasteiger partial charge in [-0.15, -0.1) is 0 Å². The summed E-state index contributed by atoms with van der Waals surface area (Å²) in [5.41, 5.74) is 3.59. The van der Waals surface area contributed by atoms with E-state index in [1.807, 2.05) is 0 Å². The van der Waals surface area contributed by atoms with E-state index < -0.39 is 0 Å². The number of aromatic hydroxyl groups is 1. The Bertz CT molecular complexity index is 1100. The van der Waals surface area contributed by atoms with E-state index in [9.17, 15) is 9.50 Å². The van der Waals surface area contributed by atoms with Crippen LogP contribution in [0, 0.1) is 5.82 Å². The topological polar surface area (TPSA) is 53.7 Å². The Hall–Kier alpha value is -2.77. The van der Waals surface area contributed by atoms with E-state index in [0.717, 1.165) is 30.0 Å². The second-order valence-corrected chi connectivity index (χ2v) is 7.70. The zero-order valence-corrected chi connectivity index (χ0v) is 15.2. The molecule has 27 heavy (non-hydrogen) atoms. The molecule has 0 spiro atoms. The lowest BCUT2D eigenvalue weighted by atomic mass is 9.96. The Kier molecular flexibility index (Phi) is 3.91. The molecule has 0 unspecified atom stereocenters. The van der Waals surface area contributed by atoms with Crippen LogP contribution < -0.4 is 0 Å². The van der Waals surface area contributed by atoms with Crippen LogP contribution in [-0.2, 0) is 13.0 Å². The molecule has 1 aliphatic heterocycles. The molecule has 4 aromatic rings. The lowest BCUT2D eigenvalue weighted by Gasteiger charge is -2.35. The third-order valence-electron chi connectivity index (χ3n) is 5.10. The predicted molar refractivity (Wildman–Crippen MR) is 101 cm³/mol. The predicted octanol–water partition coefficient (Wildman–Crippen LogP) is 3.78. The fourth-order valence-electron chi connectivity index (χ4n) is 3.78. The number of rotatable bonds is 3. The van der Waals surface area contributed by atoms with E-state index in [2.05, 4.69) is 39.2 Å². The van der Waals surface area contributed by atoms with Gasteiger partial charge in [0.25, 0.3) is 0 Å². The van der Waals surface area contributed by atoms with Crippen molar-refractivity contribution in [2.75, 3.05) is 6.54 Å². The average molecular weight is 380 g/mol. The molecule has 3 heterocycles. The highest BCUT2D eigenvalue weighted by Crippen LogP contribution is 2.41. The Morgan fingerprint density at radius 1 is 1.07 bits per heavy atom. The molecule has 7 heteroatoms. The molecule has 1 atom stereocenters. The van der Waals surface area contributed by atoms with Crippen molar-refractivity contribution in [2.45, 2.75) is 19.0 Å². The van der Waals surface area contributed by atoms with Crippen molar-refractivity contribution in [2.24, 2.45) is 0 Å². The lowest BCUT2D eigenvalue weighted by Crippen LogP contribution is -2.34. The quantitative estimate of drug-likeness (QED) is 0.588. The highest BCUT2D eigenvalue weighted by molar-refractivity contribution is 7.17. The summed E-state index contributed by atoms with van der Waals surface area (Å²) >= 11 is 1.42. The third kappa shape index (κ3) is 2.79. The number of halogens is 1. The normalized spacial score (nSPS) is 15.7. The number of benzene rings is 2. The first kappa shape index (κ1) is 16.4. The van der Waals surface area contributed by atoms with Crippen molar-refractivity contribution in [3.63, 3.8) is 0 Å². The summed E-state index contributed by atoms with van der Waals surface area (Å²) in [4.78, 5) is 7.94. The molecule has 1 aliphatic rings. The van der Waals surface area contributed by atoms with Gasteiger partial charge in [-0.2, -0.15) is 9.61 Å². The zero-order valence-electron chi connectivity index (χ0n) is 14.4. The monoisotopic (exact) mass is 380 g/mol. The molecule has 5 rings (SSSR count). The SMILES string of the molecule is Oc1c([C@@H](c2ccc(F)cc2)N2CCc3ccccc3C2)sc2ncnn12. The van der Waals surface area contributed by atoms with Crippen LogP contribution in [0.4, 0.5) is 4.39 Å². The molecular formula is C20H17FN4OS. The van der Waals surface area contributed by atoms with Gasteiger partial charge in [-0.1, -0.05) is 47.7 Å². The van der Waals surface area contributed by atoms with Crippen molar-refractivity contribution >= 4 is 16.3 Å². The van der Waals surface area contributed by atoms with Crippen molar-refractivity contribution < 1.29 is 9.50 Å². The molecule has 136 valence electrons. The molecule has 0 radical (unpaired) electrons. The Morgan fingerprint density at radius 3 is 2.63 bits per heavy atom. The summed E-state index contributed by atoms with van der Waals surface area (Å²) in [5, 5.41) is 14.9. The van der Waals surface area contributed by atoms with E-state index in [0.29, 0.717) is 4.96 Å². The molecule has 0 aliphatic carbocycles. The summed E-state index contributed by atoms with van der Waals surface area (Å²) in [6.45, 7) is 1.62. The van der Waals surface area contributed by atoms with E-state index in [1.54, 1.807) is 12.1 Å². The van der Waals surface area contributed by atoms with Crippen LogP contribution in [0.15, 0.2) is 54.9 Å². The number of hydrogen-bond acceptors (Lipinski definition) is 5.